The topological polar surface area (TPSA) is 74.3 Å². The molecule has 3 heterocycles. The standard InChI is InChI=1S/C18H22N4O2/c1-11(23)22-15-8-3-2-6-12(15)21-14-10-20-18(24)16(14)17(22)13-7-4-5-9-19-13/h4-5,7,9,12,15,17,21H,2-3,6,8,10H2,1H3,(H,20,24). The van der Waals surface area contributed by atoms with Crippen LogP contribution in [-0.4, -0.2) is 40.3 Å². The van der Waals surface area contributed by atoms with Gasteiger partial charge in [0.05, 0.1) is 23.9 Å². The third-order valence-electron chi connectivity index (χ3n) is 5.33. The quantitative estimate of drug-likeness (QED) is 0.815. The number of aromatic nitrogens is 1. The van der Waals surface area contributed by atoms with E-state index in [2.05, 4.69) is 15.6 Å². The summed E-state index contributed by atoms with van der Waals surface area (Å²) in [6, 6.07) is 5.55. The van der Waals surface area contributed by atoms with Gasteiger partial charge >= 0.3 is 0 Å². The molecule has 0 saturated heterocycles. The molecule has 1 fully saturated rings. The second kappa shape index (κ2) is 5.92. The van der Waals surface area contributed by atoms with E-state index in [9.17, 15) is 9.59 Å². The molecule has 0 bridgehead atoms. The maximum Gasteiger partial charge on any atom is 0.251 e. The molecule has 2 N–H and O–H groups in total. The fourth-order valence-electron chi connectivity index (χ4n) is 4.32. The zero-order valence-corrected chi connectivity index (χ0v) is 13.8. The van der Waals surface area contributed by atoms with Gasteiger partial charge in [-0.05, 0) is 25.0 Å². The van der Waals surface area contributed by atoms with Crippen LogP contribution in [0.1, 0.15) is 44.3 Å². The van der Waals surface area contributed by atoms with Gasteiger partial charge in [0.1, 0.15) is 6.04 Å². The van der Waals surface area contributed by atoms with E-state index >= 15 is 0 Å². The number of nitrogens with one attached hydrogen (secondary N) is 2. The van der Waals surface area contributed by atoms with Gasteiger partial charge in [0.2, 0.25) is 5.91 Å². The van der Waals surface area contributed by atoms with E-state index in [0.29, 0.717) is 12.1 Å². The number of rotatable bonds is 1. The molecule has 2 aliphatic heterocycles. The van der Waals surface area contributed by atoms with Crippen LogP contribution in [0.5, 0.6) is 0 Å². The summed E-state index contributed by atoms with van der Waals surface area (Å²) in [7, 11) is 0. The highest BCUT2D eigenvalue weighted by Crippen LogP contribution is 2.39. The Kier molecular flexibility index (Phi) is 3.75. The first-order valence-corrected chi connectivity index (χ1v) is 8.64. The van der Waals surface area contributed by atoms with Gasteiger partial charge in [0.25, 0.3) is 5.91 Å². The number of pyridine rings is 1. The van der Waals surface area contributed by atoms with Crippen LogP contribution in [0.4, 0.5) is 0 Å². The van der Waals surface area contributed by atoms with E-state index in [1.165, 1.54) is 0 Å². The SMILES string of the molecule is CC(=O)N1C(c2ccccn2)C2=C(CNC2=O)NC2CCCCC21. The molecular formula is C18H22N4O2. The maximum absolute atomic E-state index is 12.6. The van der Waals surface area contributed by atoms with Crippen molar-refractivity contribution in [1.29, 1.82) is 0 Å². The van der Waals surface area contributed by atoms with Gasteiger partial charge in [-0.1, -0.05) is 18.9 Å². The fraction of sp³-hybridized carbons (Fsp3) is 0.500. The maximum atomic E-state index is 12.6. The van der Waals surface area contributed by atoms with Gasteiger partial charge in [0, 0.05) is 24.9 Å². The molecule has 0 spiro atoms. The van der Waals surface area contributed by atoms with Crippen LogP contribution in [0.25, 0.3) is 0 Å². The van der Waals surface area contributed by atoms with Crippen molar-refractivity contribution in [3.63, 3.8) is 0 Å². The molecule has 6 nitrogen and oxygen atoms in total. The Hall–Kier alpha value is -2.37. The molecule has 6 heteroatoms. The minimum atomic E-state index is -0.415. The summed E-state index contributed by atoms with van der Waals surface area (Å²) >= 11 is 0. The first-order valence-electron chi connectivity index (χ1n) is 8.64. The molecule has 1 aromatic heterocycles. The number of amides is 2. The zero-order valence-electron chi connectivity index (χ0n) is 13.8. The highest BCUT2D eigenvalue weighted by Gasteiger charge is 2.45. The van der Waals surface area contributed by atoms with E-state index < -0.39 is 6.04 Å². The molecule has 3 aliphatic rings. The number of hydrogen-bond donors (Lipinski definition) is 2. The summed E-state index contributed by atoms with van der Waals surface area (Å²) in [6.45, 7) is 2.10. The van der Waals surface area contributed by atoms with Crippen LogP contribution in [0.2, 0.25) is 0 Å². The Balaban J connectivity index is 1.88. The Morgan fingerprint density at radius 1 is 1.29 bits per heavy atom. The van der Waals surface area contributed by atoms with Crippen molar-refractivity contribution < 1.29 is 9.59 Å². The highest BCUT2D eigenvalue weighted by molar-refractivity contribution is 5.99. The zero-order chi connectivity index (χ0) is 16.7. The Morgan fingerprint density at radius 3 is 2.88 bits per heavy atom. The summed E-state index contributed by atoms with van der Waals surface area (Å²) in [5.74, 6) is -0.101. The number of fused-ring (bicyclic) bond motifs is 1. The van der Waals surface area contributed by atoms with Crippen LogP contribution < -0.4 is 10.6 Å². The highest BCUT2D eigenvalue weighted by atomic mass is 16.2. The molecule has 1 saturated carbocycles. The second-order valence-corrected chi connectivity index (χ2v) is 6.76. The van der Waals surface area contributed by atoms with Crippen LogP contribution in [0.15, 0.2) is 35.7 Å². The van der Waals surface area contributed by atoms with Gasteiger partial charge in [-0.15, -0.1) is 0 Å². The molecule has 3 unspecified atom stereocenters. The summed E-state index contributed by atoms with van der Waals surface area (Å²) in [5.41, 5.74) is 2.33. The summed E-state index contributed by atoms with van der Waals surface area (Å²) in [4.78, 5) is 31.5. The molecule has 1 aliphatic carbocycles. The van der Waals surface area contributed by atoms with Gasteiger partial charge in [-0.3, -0.25) is 14.6 Å². The first kappa shape index (κ1) is 15.2. The molecule has 2 amide bonds. The lowest BCUT2D eigenvalue weighted by Gasteiger charge is -2.41. The summed E-state index contributed by atoms with van der Waals surface area (Å²) in [6.07, 6.45) is 5.96. The predicted molar refractivity (Wildman–Crippen MR) is 88.7 cm³/mol. The Bertz CT molecular complexity index is 700. The van der Waals surface area contributed by atoms with Gasteiger partial charge in [-0.25, -0.2) is 0 Å². The van der Waals surface area contributed by atoms with E-state index in [-0.39, 0.29) is 23.9 Å². The second-order valence-electron chi connectivity index (χ2n) is 6.76. The summed E-state index contributed by atoms with van der Waals surface area (Å²) < 4.78 is 0. The normalized spacial score (nSPS) is 29.3. The lowest BCUT2D eigenvalue weighted by molar-refractivity contribution is -0.134. The molecule has 0 radical (unpaired) electrons. The average molecular weight is 326 g/mol. The number of nitrogens with zero attached hydrogens (tertiary/aromatic N) is 2. The number of carbonyl (C=O) groups is 2. The van der Waals surface area contributed by atoms with E-state index in [0.717, 1.165) is 37.1 Å². The van der Waals surface area contributed by atoms with Crippen LogP contribution >= 0.6 is 0 Å². The third-order valence-corrected chi connectivity index (χ3v) is 5.33. The van der Waals surface area contributed by atoms with Crippen molar-refractivity contribution in [3.8, 4) is 0 Å². The number of hydrogen-bond acceptors (Lipinski definition) is 4. The van der Waals surface area contributed by atoms with Crippen molar-refractivity contribution in [2.75, 3.05) is 6.54 Å². The molecule has 4 rings (SSSR count). The molecule has 1 aromatic rings. The van der Waals surface area contributed by atoms with Gasteiger partial charge in [-0.2, -0.15) is 0 Å². The van der Waals surface area contributed by atoms with Crippen molar-refractivity contribution in [2.45, 2.75) is 50.7 Å². The monoisotopic (exact) mass is 326 g/mol. The van der Waals surface area contributed by atoms with Gasteiger partial charge < -0.3 is 15.5 Å². The molecule has 126 valence electrons. The minimum Gasteiger partial charge on any atom is -0.382 e. The largest absolute Gasteiger partial charge is 0.382 e. The van der Waals surface area contributed by atoms with Crippen molar-refractivity contribution in [1.82, 2.24) is 20.5 Å². The lowest BCUT2D eigenvalue weighted by Crippen LogP contribution is -2.53. The third kappa shape index (κ3) is 2.37. The lowest BCUT2D eigenvalue weighted by atomic mass is 9.88. The molecular weight excluding hydrogens is 304 g/mol. The van der Waals surface area contributed by atoms with E-state index in [1.54, 1.807) is 13.1 Å². The Labute approximate surface area is 141 Å². The minimum absolute atomic E-state index is 0.00203. The molecule has 0 aromatic carbocycles. The van der Waals surface area contributed by atoms with Crippen molar-refractivity contribution >= 4 is 11.8 Å². The average Bonchev–Trinajstić information content (AvgIpc) is 2.87. The summed E-state index contributed by atoms with van der Waals surface area (Å²) in [5, 5.41) is 6.47. The van der Waals surface area contributed by atoms with Crippen LogP contribution in [0.3, 0.4) is 0 Å². The van der Waals surface area contributed by atoms with Crippen LogP contribution in [-0.2, 0) is 9.59 Å². The first-order chi connectivity index (χ1) is 11.7. The van der Waals surface area contributed by atoms with E-state index in [4.69, 9.17) is 0 Å². The van der Waals surface area contributed by atoms with Crippen molar-refractivity contribution in [3.05, 3.63) is 41.4 Å². The fourth-order valence-corrected chi connectivity index (χ4v) is 4.32. The molecule has 24 heavy (non-hydrogen) atoms. The van der Waals surface area contributed by atoms with E-state index in [1.807, 2.05) is 23.1 Å². The predicted octanol–water partition coefficient (Wildman–Crippen LogP) is 1.27. The van der Waals surface area contributed by atoms with Crippen molar-refractivity contribution in [2.24, 2.45) is 0 Å². The Morgan fingerprint density at radius 2 is 2.12 bits per heavy atom. The van der Waals surface area contributed by atoms with Gasteiger partial charge in [0.15, 0.2) is 0 Å². The van der Waals surface area contributed by atoms with Crippen LogP contribution in [0, 0.1) is 0 Å². The number of carbonyl (C=O) groups excluding carboxylic acids is 2. The smallest absolute Gasteiger partial charge is 0.251 e. The molecule has 3 atom stereocenters.